The maximum Gasteiger partial charge on any atom is 0.112 e. The van der Waals surface area contributed by atoms with E-state index in [0.717, 1.165) is 10.0 Å². The van der Waals surface area contributed by atoms with Crippen molar-refractivity contribution < 1.29 is 0 Å². The maximum atomic E-state index is 4.39. The Labute approximate surface area is 85.8 Å². The van der Waals surface area contributed by atoms with Crippen LogP contribution in [-0.2, 0) is 0 Å². The summed E-state index contributed by atoms with van der Waals surface area (Å²) in [6, 6.07) is 10.3. The van der Waals surface area contributed by atoms with Crippen LogP contribution in [0.1, 0.15) is 5.01 Å². The highest BCUT2D eigenvalue weighted by atomic mass is 32.2. The van der Waals surface area contributed by atoms with Crippen LogP contribution in [-0.4, -0.2) is 4.98 Å². The first-order valence-electron chi connectivity index (χ1n) is 3.99. The van der Waals surface area contributed by atoms with Gasteiger partial charge in [-0.1, -0.05) is 30.0 Å². The molecular weight excluding hydrogens is 198 g/mol. The Morgan fingerprint density at radius 1 is 1.23 bits per heavy atom. The number of aryl methyl sites for hydroxylation is 1. The van der Waals surface area contributed by atoms with Gasteiger partial charge in [0.05, 0.1) is 5.01 Å². The summed E-state index contributed by atoms with van der Waals surface area (Å²) >= 11 is 3.40. The summed E-state index contributed by atoms with van der Waals surface area (Å²) in [6.45, 7) is 2.03. The Hall–Kier alpha value is -0.800. The molecule has 0 saturated heterocycles. The fourth-order valence-electron chi connectivity index (χ4n) is 1.000. The molecule has 3 heteroatoms. The summed E-state index contributed by atoms with van der Waals surface area (Å²) in [5, 5.41) is 4.31. The largest absolute Gasteiger partial charge is 0.235 e. The zero-order valence-corrected chi connectivity index (χ0v) is 8.86. The molecule has 0 saturated carbocycles. The van der Waals surface area contributed by atoms with Gasteiger partial charge in [-0.25, -0.2) is 4.98 Å². The Kier molecular flexibility index (Phi) is 2.66. The number of benzene rings is 1. The summed E-state index contributed by atoms with van der Waals surface area (Å²) < 4.78 is 0. The van der Waals surface area contributed by atoms with Gasteiger partial charge in [-0.05, 0) is 19.1 Å². The van der Waals surface area contributed by atoms with E-state index in [4.69, 9.17) is 0 Å². The van der Waals surface area contributed by atoms with Crippen LogP contribution < -0.4 is 0 Å². The quantitative estimate of drug-likeness (QED) is 0.746. The molecule has 0 atom stereocenters. The van der Waals surface area contributed by atoms with Crippen molar-refractivity contribution in [2.75, 3.05) is 0 Å². The minimum absolute atomic E-state index is 1.09. The third-order valence-corrected chi connectivity index (χ3v) is 3.41. The van der Waals surface area contributed by atoms with Gasteiger partial charge in [-0.3, -0.25) is 0 Å². The number of aromatic nitrogens is 1. The predicted molar refractivity (Wildman–Crippen MR) is 57.4 cm³/mol. The van der Waals surface area contributed by atoms with Crippen molar-refractivity contribution in [3.63, 3.8) is 0 Å². The summed E-state index contributed by atoms with van der Waals surface area (Å²) in [5.41, 5.74) is 0. The van der Waals surface area contributed by atoms with Crippen molar-refractivity contribution in [2.45, 2.75) is 16.8 Å². The average Bonchev–Trinajstić information content (AvgIpc) is 2.53. The lowest BCUT2D eigenvalue weighted by Crippen LogP contribution is -1.72. The smallest absolute Gasteiger partial charge is 0.112 e. The lowest BCUT2D eigenvalue weighted by atomic mass is 10.4. The second-order valence-corrected chi connectivity index (χ2v) is 4.78. The van der Waals surface area contributed by atoms with Gasteiger partial charge in [0.15, 0.2) is 0 Å². The number of rotatable bonds is 2. The minimum atomic E-state index is 1.09. The van der Waals surface area contributed by atoms with E-state index >= 15 is 0 Å². The molecule has 0 N–H and O–H groups in total. The molecule has 2 rings (SSSR count). The summed E-state index contributed by atoms with van der Waals surface area (Å²) in [4.78, 5) is 5.63. The van der Waals surface area contributed by atoms with Crippen LogP contribution >= 0.6 is 23.1 Å². The molecule has 1 aromatic carbocycles. The van der Waals surface area contributed by atoms with E-state index in [1.807, 2.05) is 25.1 Å². The van der Waals surface area contributed by atoms with Crippen LogP contribution in [0.3, 0.4) is 0 Å². The Balaban J connectivity index is 2.15. The van der Waals surface area contributed by atoms with E-state index in [1.54, 1.807) is 23.1 Å². The van der Waals surface area contributed by atoms with Crippen LogP contribution in [0.25, 0.3) is 0 Å². The van der Waals surface area contributed by atoms with Crippen LogP contribution in [0.2, 0.25) is 0 Å². The topological polar surface area (TPSA) is 12.9 Å². The second kappa shape index (κ2) is 3.94. The Bertz CT molecular complexity index is 381. The molecule has 0 aliphatic carbocycles. The number of hydrogen-bond acceptors (Lipinski definition) is 3. The number of hydrogen-bond donors (Lipinski definition) is 0. The highest BCUT2D eigenvalue weighted by molar-refractivity contribution is 7.99. The second-order valence-electron chi connectivity index (χ2n) is 2.62. The van der Waals surface area contributed by atoms with E-state index in [2.05, 4.69) is 22.5 Å². The molecule has 13 heavy (non-hydrogen) atoms. The molecule has 1 nitrogen and oxygen atoms in total. The normalized spacial score (nSPS) is 10.2. The maximum absolute atomic E-state index is 4.39. The molecule has 2 aromatic rings. The van der Waals surface area contributed by atoms with E-state index in [-0.39, 0.29) is 0 Å². The lowest BCUT2D eigenvalue weighted by molar-refractivity contribution is 1.14. The first kappa shape index (κ1) is 8.78. The summed E-state index contributed by atoms with van der Waals surface area (Å²) in [5.74, 6) is 0. The van der Waals surface area contributed by atoms with Crippen LogP contribution in [0.5, 0.6) is 0 Å². The predicted octanol–water partition coefficient (Wildman–Crippen LogP) is 3.60. The van der Waals surface area contributed by atoms with Crippen molar-refractivity contribution in [3.8, 4) is 0 Å². The number of nitrogens with zero attached hydrogens (tertiary/aromatic N) is 1. The molecule has 0 aliphatic heterocycles. The zero-order chi connectivity index (χ0) is 9.10. The fraction of sp³-hybridized carbons (Fsp3) is 0.100. The summed E-state index contributed by atoms with van der Waals surface area (Å²) in [7, 11) is 0. The van der Waals surface area contributed by atoms with Crippen molar-refractivity contribution in [1.82, 2.24) is 4.98 Å². The molecule has 0 unspecified atom stereocenters. The molecule has 1 aromatic heterocycles. The van der Waals surface area contributed by atoms with Gasteiger partial charge in [-0.15, -0.1) is 11.3 Å². The van der Waals surface area contributed by atoms with Gasteiger partial charge >= 0.3 is 0 Å². The minimum Gasteiger partial charge on any atom is -0.235 e. The van der Waals surface area contributed by atoms with Crippen molar-refractivity contribution in [2.24, 2.45) is 0 Å². The van der Waals surface area contributed by atoms with Crippen molar-refractivity contribution >= 4 is 23.1 Å². The highest BCUT2D eigenvalue weighted by Gasteiger charge is 1.99. The van der Waals surface area contributed by atoms with E-state index in [9.17, 15) is 0 Å². The van der Waals surface area contributed by atoms with Crippen molar-refractivity contribution in [3.05, 3.63) is 40.7 Å². The monoisotopic (exact) mass is 207 g/mol. The standard InChI is InChI=1S/C10H9NS2/c1-8-11-10(7-12-8)13-9-5-3-2-4-6-9/h2-7H,1H3. The van der Waals surface area contributed by atoms with Gasteiger partial charge in [0, 0.05) is 10.3 Å². The molecule has 0 radical (unpaired) electrons. The van der Waals surface area contributed by atoms with Crippen LogP contribution in [0.15, 0.2) is 45.6 Å². The first-order valence-corrected chi connectivity index (χ1v) is 5.69. The molecule has 0 amide bonds. The third-order valence-electron chi connectivity index (χ3n) is 1.56. The van der Waals surface area contributed by atoms with Crippen LogP contribution in [0.4, 0.5) is 0 Å². The fourth-order valence-corrected chi connectivity index (χ4v) is 2.59. The van der Waals surface area contributed by atoms with Gasteiger partial charge in [0.25, 0.3) is 0 Å². The SMILES string of the molecule is Cc1nc(Sc2ccccc2)cs1. The molecule has 0 bridgehead atoms. The van der Waals surface area contributed by atoms with E-state index < -0.39 is 0 Å². The van der Waals surface area contributed by atoms with E-state index in [1.165, 1.54) is 4.90 Å². The Morgan fingerprint density at radius 3 is 2.62 bits per heavy atom. The van der Waals surface area contributed by atoms with Gasteiger partial charge < -0.3 is 0 Å². The number of thiazole rings is 1. The Morgan fingerprint density at radius 2 is 2.00 bits per heavy atom. The summed E-state index contributed by atoms with van der Waals surface area (Å²) in [6.07, 6.45) is 0. The molecule has 0 aliphatic rings. The molecule has 66 valence electrons. The third kappa shape index (κ3) is 2.32. The molecular formula is C10H9NS2. The van der Waals surface area contributed by atoms with Gasteiger partial charge in [0.2, 0.25) is 0 Å². The van der Waals surface area contributed by atoms with Gasteiger partial charge in [-0.2, -0.15) is 0 Å². The first-order chi connectivity index (χ1) is 6.34. The molecule has 0 spiro atoms. The molecule has 0 fully saturated rings. The van der Waals surface area contributed by atoms with Crippen LogP contribution in [0, 0.1) is 6.92 Å². The zero-order valence-electron chi connectivity index (χ0n) is 7.23. The highest BCUT2D eigenvalue weighted by Crippen LogP contribution is 2.27. The van der Waals surface area contributed by atoms with E-state index in [0.29, 0.717) is 0 Å². The molecule has 1 heterocycles. The van der Waals surface area contributed by atoms with Gasteiger partial charge in [0.1, 0.15) is 5.03 Å². The average molecular weight is 207 g/mol. The lowest BCUT2D eigenvalue weighted by Gasteiger charge is -1.95. The van der Waals surface area contributed by atoms with Crippen molar-refractivity contribution in [1.29, 1.82) is 0 Å².